The molecule has 4 nitrogen and oxygen atoms in total. The number of aliphatic hydroxyl groups excluding tert-OH is 1. The molecule has 0 unspecified atom stereocenters. The van der Waals surface area contributed by atoms with Gasteiger partial charge in [0.25, 0.3) is 5.91 Å². The largest absolute Gasteiger partial charge is 0.394 e. The molecule has 1 atom stereocenters. The van der Waals surface area contributed by atoms with Gasteiger partial charge in [0.2, 0.25) is 0 Å². The highest BCUT2D eigenvalue weighted by Crippen LogP contribution is 2.24. The summed E-state index contributed by atoms with van der Waals surface area (Å²) in [6, 6.07) is 5.57. The molecule has 0 radical (unpaired) electrons. The number of carbonyl (C=O) groups is 1. The average Bonchev–Trinajstić information content (AvgIpc) is 2.54. The normalized spacial score (nSPS) is 12.4. The molecule has 1 aromatic heterocycles. The summed E-state index contributed by atoms with van der Waals surface area (Å²) in [5.41, 5.74) is 4.58. The first-order valence-corrected chi connectivity index (χ1v) is 9.15. The van der Waals surface area contributed by atoms with Gasteiger partial charge in [-0.1, -0.05) is 12.1 Å². The Morgan fingerprint density at radius 2 is 2.09 bits per heavy atom. The van der Waals surface area contributed by atoms with Crippen LogP contribution in [-0.2, 0) is 0 Å². The number of rotatable bonds is 6. The molecule has 0 saturated carbocycles. The number of nitrogens with zero attached hydrogens (tertiary/aromatic N) is 1. The lowest BCUT2D eigenvalue weighted by Gasteiger charge is -2.17. The van der Waals surface area contributed by atoms with Crippen molar-refractivity contribution in [3.05, 3.63) is 40.6 Å². The molecular formula is C18H24N2O2S. The maximum Gasteiger partial charge on any atom is 0.252 e. The van der Waals surface area contributed by atoms with Gasteiger partial charge in [-0.15, -0.1) is 0 Å². The van der Waals surface area contributed by atoms with E-state index in [2.05, 4.69) is 10.3 Å². The summed E-state index contributed by atoms with van der Waals surface area (Å²) in [5, 5.41) is 13.3. The Kier molecular flexibility index (Phi) is 6.02. The predicted octanol–water partition coefficient (Wildman–Crippen LogP) is 3.00. The Morgan fingerprint density at radius 1 is 1.35 bits per heavy atom. The molecule has 124 valence electrons. The zero-order valence-electron chi connectivity index (χ0n) is 14.1. The fraction of sp³-hybridized carbons (Fsp3) is 0.444. The molecule has 2 aromatic rings. The van der Waals surface area contributed by atoms with Gasteiger partial charge in [0.15, 0.2) is 0 Å². The maximum absolute atomic E-state index is 12.7. The fourth-order valence-corrected chi connectivity index (χ4v) is 3.10. The van der Waals surface area contributed by atoms with E-state index in [9.17, 15) is 9.90 Å². The van der Waals surface area contributed by atoms with E-state index in [1.807, 2.05) is 45.2 Å². The smallest absolute Gasteiger partial charge is 0.252 e. The van der Waals surface area contributed by atoms with Crippen LogP contribution in [0.3, 0.4) is 0 Å². The van der Waals surface area contributed by atoms with Crippen molar-refractivity contribution < 1.29 is 9.90 Å². The Labute approximate surface area is 141 Å². The van der Waals surface area contributed by atoms with Gasteiger partial charge in [-0.25, -0.2) is 0 Å². The van der Waals surface area contributed by atoms with E-state index in [0.29, 0.717) is 5.56 Å². The van der Waals surface area contributed by atoms with Crippen molar-refractivity contribution in [2.75, 3.05) is 18.6 Å². The molecule has 0 spiro atoms. The van der Waals surface area contributed by atoms with Gasteiger partial charge in [-0.3, -0.25) is 9.78 Å². The third-order valence-electron chi connectivity index (χ3n) is 4.10. The van der Waals surface area contributed by atoms with Crippen molar-refractivity contribution in [1.82, 2.24) is 10.3 Å². The number of fused-ring (bicyclic) bond motifs is 1. The van der Waals surface area contributed by atoms with Crippen LogP contribution in [-0.4, -0.2) is 40.7 Å². The van der Waals surface area contributed by atoms with Crippen LogP contribution in [0.4, 0.5) is 0 Å². The fourth-order valence-electron chi connectivity index (χ4n) is 2.58. The van der Waals surface area contributed by atoms with Crippen molar-refractivity contribution in [1.29, 1.82) is 0 Å². The topological polar surface area (TPSA) is 62.2 Å². The van der Waals surface area contributed by atoms with Gasteiger partial charge in [0, 0.05) is 11.1 Å². The highest BCUT2D eigenvalue weighted by atomic mass is 32.2. The summed E-state index contributed by atoms with van der Waals surface area (Å²) in [4.78, 5) is 17.3. The van der Waals surface area contributed by atoms with E-state index in [4.69, 9.17) is 0 Å². The van der Waals surface area contributed by atoms with Crippen LogP contribution in [0.25, 0.3) is 10.9 Å². The van der Waals surface area contributed by atoms with Crippen LogP contribution in [0.1, 0.15) is 33.6 Å². The lowest BCUT2D eigenvalue weighted by Crippen LogP contribution is -2.38. The third kappa shape index (κ3) is 4.03. The zero-order valence-corrected chi connectivity index (χ0v) is 15.0. The van der Waals surface area contributed by atoms with Gasteiger partial charge in [0.05, 0.1) is 23.7 Å². The minimum atomic E-state index is -0.218. The Hall–Kier alpha value is -1.59. The number of aromatic nitrogens is 1. The SMILES string of the molecule is CSCC[C@@H](CO)NC(=O)c1cc(C)nc2c(C)c(C)ccc12. The summed E-state index contributed by atoms with van der Waals surface area (Å²) >= 11 is 1.70. The minimum Gasteiger partial charge on any atom is -0.394 e. The molecule has 0 saturated heterocycles. The molecule has 2 rings (SSSR count). The van der Waals surface area contributed by atoms with Crippen molar-refractivity contribution in [3.63, 3.8) is 0 Å². The molecule has 1 amide bonds. The van der Waals surface area contributed by atoms with Gasteiger partial charge in [-0.05, 0) is 56.4 Å². The molecule has 0 aliphatic heterocycles. The second kappa shape index (κ2) is 7.79. The first kappa shape index (κ1) is 17.8. The minimum absolute atomic E-state index is 0.0492. The molecule has 0 fully saturated rings. The second-order valence-corrected chi connectivity index (χ2v) is 6.83. The first-order chi connectivity index (χ1) is 11.0. The van der Waals surface area contributed by atoms with E-state index in [1.54, 1.807) is 11.8 Å². The summed E-state index contributed by atoms with van der Waals surface area (Å²) in [5.74, 6) is 0.754. The van der Waals surface area contributed by atoms with Gasteiger partial charge < -0.3 is 10.4 Å². The standard InChI is InChI=1S/C18H24N2O2S/c1-11-5-6-15-16(9-12(2)19-17(15)13(11)3)18(22)20-14(10-21)7-8-23-4/h5-6,9,14,21H,7-8,10H2,1-4H3,(H,20,22)/t14-/m0/s1. The molecule has 1 aromatic carbocycles. The molecule has 2 N–H and O–H groups in total. The van der Waals surface area contributed by atoms with E-state index >= 15 is 0 Å². The van der Waals surface area contributed by atoms with Crippen LogP contribution in [0.2, 0.25) is 0 Å². The van der Waals surface area contributed by atoms with Gasteiger partial charge >= 0.3 is 0 Å². The quantitative estimate of drug-likeness (QED) is 0.853. The lowest BCUT2D eigenvalue weighted by molar-refractivity contribution is 0.0917. The van der Waals surface area contributed by atoms with E-state index in [-0.39, 0.29) is 18.6 Å². The lowest BCUT2D eigenvalue weighted by atomic mass is 10.0. The molecule has 0 aliphatic rings. The number of amides is 1. The van der Waals surface area contributed by atoms with Crippen LogP contribution >= 0.6 is 11.8 Å². The van der Waals surface area contributed by atoms with Gasteiger partial charge in [-0.2, -0.15) is 11.8 Å². The molecule has 1 heterocycles. The number of thioether (sulfide) groups is 1. The highest BCUT2D eigenvalue weighted by Gasteiger charge is 2.17. The molecule has 23 heavy (non-hydrogen) atoms. The van der Waals surface area contributed by atoms with E-state index < -0.39 is 0 Å². The number of hydrogen-bond acceptors (Lipinski definition) is 4. The highest BCUT2D eigenvalue weighted by molar-refractivity contribution is 7.98. The number of hydrogen-bond donors (Lipinski definition) is 2. The second-order valence-electron chi connectivity index (χ2n) is 5.85. The van der Waals surface area contributed by atoms with Crippen molar-refractivity contribution in [3.8, 4) is 0 Å². The number of benzene rings is 1. The Morgan fingerprint density at radius 3 is 2.74 bits per heavy atom. The number of nitrogens with one attached hydrogen (secondary N) is 1. The summed E-state index contributed by atoms with van der Waals surface area (Å²) in [6.45, 7) is 5.92. The van der Waals surface area contributed by atoms with E-state index in [0.717, 1.165) is 39.9 Å². The Bertz CT molecular complexity index is 716. The van der Waals surface area contributed by atoms with Gasteiger partial charge in [0.1, 0.15) is 0 Å². The van der Waals surface area contributed by atoms with Crippen molar-refractivity contribution >= 4 is 28.6 Å². The Balaban J connectivity index is 2.38. The maximum atomic E-state index is 12.7. The molecular weight excluding hydrogens is 308 g/mol. The van der Waals surface area contributed by atoms with Crippen molar-refractivity contribution in [2.24, 2.45) is 0 Å². The van der Waals surface area contributed by atoms with Crippen LogP contribution in [0, 0.1) is 20.8 Å². The molecule has 0 bridgehead atoms. The monoisotopic (exact) mass is 332 g/mol. The summed E-state index contributed by atoms with van der Waals surface area (Å²) in [6.07, 6.45) is 2.77. The predicted molar refractivity (Wildman–Crippen MR) is 97.3 cm³/mol. The first-order valence-electron chi connectivity index (χ1n) is 7.76. The number of aliphatic hydroxyl groups is 1. The molecule has 0 aliphatic carbocycles. The summed E-state index contributed by atoms with van der Waals surface area (Å²) < 4.78 is 0. The zero-order chi connectivity index (χ0) is 17.0. The number of carbonyl (C=O) groups excluding carboxylic acids is 1. The third-order valence-corrected chi connectivity index (χ3v) is 4.75. The number of pyridine rings is 1. The van der Waals surface area contributed by atoms with Crippen LogP contribution < -0.4 is 5.32 Å². The summed E-state index contributed by atoms with van der Waals surface area (Å²) in [7, 11) is 0. The van der Waals surface area contributed by atoms with Crippen LogP contribution in [0.5, 0.6) is 0 Å². The van der Waals surface area contributed by atoms with Crippen LogP contribution in [0.15, 0.2) is 18.2 Å². The number of aryl methyl sites for hydroxylation is 3. The van der Waals surface area contributed by atoms with Crippen molar-refractivity contribution in [2.45, 2.75) is 33.2 Å². The average molecular weight is 332 g/mol. The molecule has 5 heteroatoms. The van der Waals surface area contributed by atoms with E-state index in [1.165, 1.54) is 0 Å².